The summed E-state index contributed by atoms with van der Waals surface area (Å²) in [7, 11) is -4.66. The van der Waals surface area contributed by atoms with Crippen molar-refractivity contribution in [3.05, 3.63) is 96.7 Å². The second-order valence-electron chi connectivity index (χ2n) is 9.80. The van der Waals surface area contributed by atoms with Gasteiger partial charge in [0.1, 0.15) is 6.10 Å². The number of esters is 1. The average Bonchev–Trinajstić information content (AvgIpc) is 2.85. The highest BCUT2D eigenvalue weighted by molar-refractivity contribution is 7.46. The molecule has 0 radical (unpaired) electrons. The SMILES string of the molecule is C=CC=C(C)CCC1CC=CC=C(C)C(OP(=O)(O)O)CCCC=CC=CC=CC(O)C(C)C(=C)CC(=O)O1. The molecule has 1 aliphatic heterocycles. The fourth-order valence-electron chi connectivity index (χ4n) is 3.87. The fraction of sp³-hybridized carbons (Fsp3) is 0.452. The Hall–Kier alpha value is -2.54. The van der Waals surface area contributed by atoms with E-state index in [-0.39, 0.29) is 18.4 Å². The van der Waals surface area contributed by atoms with Crippen LogP contribution in [0.3, 0.4) is 0 Å². The number of carbonyl (C=O) groups excluding carboxylic acids is 1. The molecule has 0 spiro atoms. The van der Waals surface area contributed by atoms with E-state index in [0.717, 1.165) is 12.0 Å². The number of carbonyl (C=O) groups is 1. The van der Waals surface area contributed by atoms with Gasteiger partial charge in [-0.2, -0.15) is 0 Å². The third-order valence-corrected chi connectivity index (χ3v) is 6.90. The molecule has 1 aliphatic rings. The maximum atomic E-state index is 12.7. The molecule has 216 valence electrons. The van der Waals surface area contributed by atoms with Crippen LogP contribution in [-0.2, 0) is 18.6 Å². The first-order valence-corrected chi connectivity index (χ1v) is 14.9. The van der Waals surface area contributed by atoms with Crippen molar-refractivity contribution >= 4 is 13.8 Å². The predicted octanol–water partition coefficient (Wildman–Crippen LogP) is 6.98. The number of phosphoric acid groups is 1. The maximum Gasteiger partial charge on any atom is 0.470 e. The van der Waals surface area contributed by atoms with Crippen molar-refractivity contribution in [2.24, 2.45) is 5.92 Å². The molecule has 1 heterocycles. The van der Waals surface area contributed by atoms with Crippen LogP contribution >= 0.6 is 7.82 Å². The van der Waals surface area contributed by atoms with Crippen LogP contribution < -0.4 is 0 Å². The minimum absolute atomic E-state index is 0.00669. The number of cyclic esters (lactones) is 1. The van der Waals surface area contributed by atoms with Crippen molar-refractivity contribution in [1.82, 2.24) is 0 Å². The summed E-state index contributed by atoms with van der Waals surface area (Å²) in [6, 6.07) is 0. The molecule has 4 atom stereocenters. The van der Waals surface area contributed by atoms with Crippen molar-refractivity contribution < 1.29 is 33.5 Å². The molecule has 0 amide bonds. The Morgan fingerprint density at radius 2 is 1.92 bits per heavy atom. The average molecular weight is 561 g/mol. The van der Waals surface area contributed by atoms with E-state index in [0.29, 0.717) is 43.3 Å². The first-order chi connectivity index (χ1) is 18.4. The Morgan fingerprint density at radius 3 is 2.62 bits per heavy atom. The third kappa shape index (κ3) is 16.2. The smallest absolute Gasteiger partial charge is 0.462 e. The van der Waals surface area contributed by atoms with Crippen LogP contribution in [0.4, 0.5) is 0 Å². The fourth-order valence-corrected chi connectivity index (χ4v) is 4.47. The minimum Gasteiger partial charge on any atom is -0.462 e. The molecule has 3 N–H and O–H groups in total. The Balaban J connectivity index is 3.16. The van der Waals surface area contributed by atoms with Gasteiger partial charge in [0.05, 0.1) is 18.6 Å². The van der Waals surface area contributed by atoms with Crippen molar-refractivity contribution in [1.29, 1.82) is 0 Å². The molecule has 8 heteroatoms. The lowest BCUT2D eigenvalue weighted by Gasteiger charge is -2.21. The molecule has 0 saturated carbocycles. The molecule has 0 aromatic carbocycles. The number of aliphatic hydroxyl groups excluding tert-OH is 1. The topological polar surface area (TPSA) is 113 Å². The van der Waals surface area contributed by atoms with E-state index in [2.05, 4.69) is 13.2 Å². The number of rotatable bonds is 6. The van der Waals surface area contributed by atoms with Crippen LogP contribution in [0, 0.1) is 5.92 Å². The van der Waals surface area contributed by atoms with E-state index in [1.54, 1.807) is 43.4 Å². The van der Waals surface area contributed by atoms with E-state index < -0.39 is 26.0 Å². The molecular formula is C31H45O7P. The highest BCUT2D eigenvalue weighted by Crippen LogP contribution is 2.40. The molecule has 4 unspecified atom stereocenters. The van der Waals surface area contributed by atoms with Gasteiger partial charge < -0.3 is 19.6 Å². The van der Waals surface area contributed by atoms with E-state index in [4.69, 9.17) is 9.26 Å². The van der Waals surface area contributed by atoms with Gasteiger partial charge in [-0.3, -0.25) is 9.32 Å². The lowest BCUT2D eigenvalue weighted by molar-refractivity contribution is -0.148. The van der Waals surface area contributed by atoms with Crippen molar-refractivity contribution in [2.45, 2.75) is 84.0 Å². The van der Waals surface area contributed by atoms with Gasteiger partial charge in [-0.25, -0.2) is 4.57 Å². The van der Waals surface area contributed by atoms with Crippen LogP contribution in [0.2, 0.25) is 0 Å². The van der Waals surface area contributed by atoms with Gasteiger partial charge in [0.2, 0.25) is 0 Å². The monoisotopic (exact) mass is 560 g/mol. The molecule has 0 fully saturated rings. The number of phosphoric ester groups is 1. The minimum atomic E-state index is -4.66. The highest BCUT2D eigenvalue weighted by Gasteiger charge is 2.23. The van der Waals surface area contributed by atoms with E-state index >= 15 is 0 Å². The van der Waals surface area contributed by atoms with Crippen molar-refractivity contribution in [2.75, 3.05) is 0 Å². The zero-order chi connectivity index (χ0) is 29.3. The Bertz CT molecular complexity index is 1030. The maximum absolute atomic E-state index is 12.7. The number of allylic oxidation sites excluding steroid dienone is 10. The lowest BCUT2D eigenvalue weighted by atomic mass is 9.93. The van der Waals surface area contributed by atoms with Crippen LogP contribution in [-0.4, -0.2) is 39.2 Å². The van der Waals surface area contributed by atoms with Crippen LogP contribution in [0.15, 0.2) is 96.7 Å². The molecule has 7 nitrogen and oxygen atoms in total. The summed E-state index contributed by atoms with van der Waals surface area (Å²) in [4.78, 5) is 31.5. The number of aliphatic hydroxyl groups is 1. The van der Waals surface area contributed by atoms with Gasteiger partial charge in [0.15, 0.2) is 0 Å². The van der Waals surface area contributed by atoms with E-state index in [1.165, 1.54) is 0 Å². The Kier molecular flexibility index (Phi) is 16.5. The highest BCUT2D eigenvalue weighted by atomic mass is 31.2. The summed E-state index contributed by atoms with van der Waals surface area (Å²) in [6.07, 6.45) is 21.7. The van der Waals surface area contributed by atoms with Gasteiger partial charge >= 0.3 is 13.8 Å². The first kappa shape index (κ1) is 34.5. The molecule has 0 aliphatic carbocycles. The van der Waals surface area contributed by atoms with Crippen LogP contribution in [0.25, 0.3) is 0 Å². The molecule has 0 aromatic heterocycles. The normalized spacial score (nSPS) is 25.4. The van der Waals surface area contributed by atoms with Crippen molar-refractivity contribution in [3.63, 3.8) is 0 Å². The summed E-state index contributed by atoms with van der Waals surface area (Å²) in [5.74, 6) is -0.719. The number of ether oxygens (including phenoxy) is 1. The summed E-state index contributed by atoms with van der Waals surface area (Å²) in [5.41, 5.74) is 2.40. The summed E-state index contributed by atoms with van der Waals surface area (Å²) < 4.78 is 22.3. The van der Waals surface area contributed by atoms with Crippen LogP contribution in [0.1, 0.15) is 65.7 Å². The summed E-state index contributed by atoms with van der Waals surface area (Å²) in [6.45, 7) is 13.3. The van der Waals surface area contributed by atoms with E-state index in [1.807, 2.05) is 44.2 Å². The molecular weight excluding hydrogens is 515 g/mol. The van der Waals surface area contributed by atoms with E-state index in [9.17, 15) is 24.3 Å². The van der Waals surface area contributed by atoms with Gasteiger partial charge in [-0.05, 0) is 51.5 Å². The molecule has 0 aromatic rings. The third-order valence-electron chi connectivity index (χ3n) is 6.37. The second kappa shape index (κ2) is 18.7. The number of hydrogen-bond donors (Lipinski definition) is 3. The van der Waals surface area contributed by atoms with Crippen molar-refractivity contribution in [3.8, 4) is 0 Å². The number of hydrogen-bond acceptors (Lipinski definition) is 5. The zero-order valence-electron chi connectivity index (χ0n) is 23.4. The summed E-state index contributed by atoms with van der Waals surface area (Å²) >= 11 is 0. The van der Waals surface area contributed by atoms with Gasteiger partial charge in [-0.15, -0.1) is 0 Å². The zero-order valence-corrected chi connectivity index (χ0v) is 24.3. The quantitative estimate of drug-likeness (QED) is 0.139. The molecule has 0 bridgehead atoms. The van der Waals surface area contributed by atoms with Gasteiger partial charge in [0.25, 0.3) is 0 Å². The molecule has 0 saturated heterocycles. The van der Waals surface area contributed by atoms with Crippen LogP contribution in [0.5, 0.6) is 0 Å². The predicted molar refractivity (Wildman–Crippen MR) is 158 cm³/mol. The second-order valence-corrected chi connectivity index (χ2v) is 11.0. The summed E-state index contributed by atoms with van der Waals surface area (Å²) in [5, 5.41) is 10.5. The lowest BCUT2D eigenvalue weighted by Crippen LogP contribution is -2.22. The first-order valence-electron chi connectivity index (χ1n) is 13.3. The Labute approximate surface area is 233 Å². The largest absolute Gasteiger partial charge is 0.470 e. The van der Waals surface area contributed by atoms with Gasteiger partial charge in [-0.1, -0.05) is 98.1 Å². The Morgan fingerprint density at radius 1 is 1.21 bits per heavy atom. The molecule has 1 rings (SSSR count). The molecule has 39 heavy (non-hydrogen) atoms. The van der Waals surface area contributed by atoms with Gasteiger partial charge in [0, 0.05) is 12.3 Å². The standard InChI is InChI=1S/C31H45O7P/c1-6-16-24(2)21-22-28-18-15-14-17-25(3)30(38-39(34,35)36)20-13-11-9-7-8-10-12-19-29(32)27(5)26(4)23-31(33)37-28/h6-10,12,14-17,19,27-30,32H,1,4,11,13,18,20-23H2,2-3,5H3,(H2,34,35,36).